The van der Waals surface area contributed by atoms with Crippen LogP contribution in [0.15, 0.2) is 71.4 Å². The maximum absolute atomic E-state index is 12.8. The molecule has 0 aromatic heterocycles. The van der Waals surface area contributed by atoms with E-state index in [0.29, 0.717) is 12.2 Å². The van der Waals surface area contributed by atoms with Crippen LogP contribution in [0.1, 0.15) is 36.5 Å². The molecule has 2 aromatic carbocycles. The molecule has 0 amide bonds. The maximum Gasteiger partial charge on any atom is 0.336 e. The molecule has 3 nitrogen and oxygen atoms in total. The summed E-state index contributed by atoms with van der Waals surface area (Å²) in [7, 11) is 0. The van der Waals surface area contributed by atoms with Crippen LogP contribution in [-0.2, 0) is 9.53 Å². The molecule has 1 aliphatic heterocycles. The number of nitrogens with one attached hydrogen (secondary N) is 1. The summed E-state index contributed by atoms with van der Waals surface area (Å²) in [6, 6.07) is 18.1. The molecule has 1 aliphatic carbocycles. The topological polar surface area (TPSA) is 38.3 Å². The van der Waals surface area contributed by atoms with Crippen LogP contribution in [-0.4, -0.2) is 17.4 Å². The summed E-state index contributed by atoms with van der Waals surface area (Å²) in [5, 5.41) is 3.42. The summed E-state index contributed by atoms with van der Waals surface area (Å²) >= 11 is 5.82. The van der Waals surface area contributed by atoms with Crippen molar-refractivity contribution in [2.45, 2.75) is 19.8 Å². The Hall–Kier alpha value is -2.72. The van der Waals surface area contributed by atoms with E-state index in [9.17, 15) is 4.79 Å². The molecule has 0 bridgehead atoms. The molecule has 0 spiro atoms. The number of carbonyl (C=O) groups excluding carboxylic acids is 1. The van der Waals surface area contributed by atoms with Gasteiger partial charge in [-0.1, -0.05) is 66.8 Å². The number of rotatable bonds is 3. The normalized spacial score (nSPS) is 18.4. The Morgan fingerprint density at radius 1 is 1.08 bits per heavy atom. The summed E-state index contributed by atoms with van der Waals surface area (Å²) in [4.78, 5) is 13.6. The van der Waals surface area contributed by atoms with Gasteiger partial charge < -0.3 is 10.1 Å². The summed E-state index contributed by atoms with van der Waals surface area (Å²) in [5.41, 5.74) is 6.61. The number of benzene rings is 2. The molecule has 4 rings (SSSR count). The Morgan fingerprint density at radius 2 is 1.73 bits per heavy atom. The van der Waals surface area contributed by atoms with Crippen molar-refractivity contribution in [2.75, 3.05) is 6.61 Å². The molecular formula is C22H19NO2S. The van der Waals surface area contributed by atoms with Crippen LogP contribution in [0.25, 0.3) is 5.70 Å². The average molecular weight is 361 g/mol. The highest BCUT2D eigenvalue weighted by atomic mass is 32.1. The molecule has 2 aliphatic rings. The van der Waals surface area contributed by atoms with Gasteiger partial charge in [0.25, 0.3) is 0 Å². The quantitative estimate of drug-likeness (QED) is 0.651. The van der Waals surface area contributed by atoms with Gasteiger partial charge in [-0.2, -0.15) is 0 Å². The number of thiocarbonyl (C=S) groups is 1. The molecule has 2 aromatic rings. The molecule has 130 valence electrons. The first-order chi connectivity index (χ1) is 12.6. The molecule has 4 heteroatoms. The Labute approximate surface area is 158 Å². The molecule has 26 heavy (non-hydrogen) atoms. The fraction of sp³-hybridized carbons (Fsp3) is 0.182. The van der Waals surface area contributed by atoms with Crippen molar-refractivity contribution in [1.82, 2.24) is 5.32 Å². The minimum atomic E-state index is -0.295. The molecular weight excluding hydrogens is 342 g/mol. The predicted octanol–water partition coefficient (Wildman–Crippen LogP) is 4.35. The van der Waals surface area contributed by atoms with Crippen molar-refractivity contribution in [3.63, 3.8) is 0 Å². The molecule has 0 saturated carbocycles. The van der Waals surface area contributed by atoms with E-state index < -0.39 is 0 Å². The molecule has 1 atom stereocenters. The van der Waals surface area contributed by atoms with Gasteiger partial charge in [0.2, 0.25) is 0 Å². The van der Waals surface area contributed by atoms with Gasteiger partial charge in [0.05, 0.1) is 22.7 Å². The third-order valence-electron chi connectivity index (χ3n) is 4.88. The van der Waals surface area contributed by atoms with Crippen molar-refractivity contribution in [3.8, 4) is 0 Å². The number of hydrogen-bond donors (Lipinski definition) is 1. The summed E-state index contributed by atoms with van der Waals surface area (Å²) < 4.78 is 5.36. The Bertz CT molecular complexity index is 973. The first-order valence-corrected chi connectivity index (χ1v) is 9.12. The average Bonchev–Trinajstić information content (AvgIpc) is 2.94. The molecule has 0 fully saturated rings. The minimum absolute atomic E-state index is 0.230. The van der Waals surface area contributed by atoms with Crippen LogP contribution in [0.5, 0.6) is 0 Å². The highest BCUT2D eigenvalue weighted by Gasteiger charge is 2.40. The third kappa shape index (κ3) is 2.49. The number of carbonyl (C=O) groups is 1. The lowest BCUT2D eigenvalue weighted by Gasteiger charge is -2.30. The van der Waals surface area contributed by atoms with Crippen molar-refractivity contribution >= 4 is 28.7 Å². The highest BCUT2D eigenvalue weighted by molar-refractivity contribution is 7.81. The first-order valence-electron chi connectivity index (χ1n) is 8.71. The van der Waals surface area contributed by atoms with E-state index in [1.165, 1.54) is 0 Å². The maximum atomic E-state index is 12.8. The fourth-order valence-corrected chi connectivity index (χ4v) is 4.19. The van der Waals surface area contributed by atoms with Crippen LogP contribution < -0.4 is 5.32 Å². The summed E-state index contributed by atoms with van der Waals surface area (Å²) in [6.07, 6.45) is 0. The zero-order valence-corrected chi connectivity index (χ0v) is 15.5. The SMILES string of the molecule is CCOC(=O)C1=C(C)NC2=C(C(=S)c3ccccc32)C1c1ccccc1. The molecule has 1 heterocycles. The van der Waals surface area contributed by atoms with Gasteiger partial charge >= 0.3 is 5.97 Å². The Morgan fingerprint density at radius 3 is 2.42 bits per heavy atom. The second-order valence-electron chi connectivity index (χ2n) is 6.39. The van der Waals surface area contributed by atoms with Crippen molar-refractivity contribution in [3.05, 3.63) is 88.1 Å². The summed E-state index contributed by atoms with van der Waals surface area (Å²) in [5.74, 6) is -0.525. The van der Waals surface area contributed by atoms with Crippen LogP contribution in [0.4, 0.5) is 0 Å². The molecule has 0 saturated heterocycles. The first kappa shape index (κ1) is 16.7. The van der Waals surface area contributed by atoms with E-state index in [-0.39, 0.29) is 11.9 Å². The zero-order chi connectivity index (χ0) is 18.3. The minimum Gasteiger partial charge on any atom is -0.463 e. The van der Waals surface area contributed by atoms with Crippen LogP contribution >= 0.6 is 12.2 Å². The number of ether oxygens (including phenoxy) is 1. The lowest BCUT2D eigenvalue weighted by atomic mass is 9.80. The van der Waals surface area contributed by atoms with Gasteiger partial charge in [-0.05, 0) is 19.4 Å². The third-order valence-corrected chi connectivity index (χ3v) is 5.32. The predicted molar refractivity (Wildman–Crippen MR) is 107 cm³/mol. The smallest absolute Gasteiger partial charge is 0.336 e. The van der Waals surface area contributed by atoms with Crippen LogP contribution in [0.3, 0.4) is 0 Å². The van der Waals surface area contributed by atoms with Crippen molar-refractivity contribution < 1.29 is 9.53 Å². The van der Waals surface area contributed by atoms with E-state index in [2.05, 4.69) is 11.4 Å². The van der Waals surface area contributed by atoms with Gasteiger partial charge in [0.15, 0.2) is 0 Å². The molecule has 1 unspecified atom stereocenters. The van der Waals surface area contributed by atoms with Crippen molar-refractivity contribution in [1.29, 1.82) is 0 Å². The van der Waals surface area contributed by atoms with Gasteiger partial charge in [-0.3, -0.25) is 0 Å². The number of fused-ring (bicyclic) bond motifs is 2. The number of hydrogen-bond acceptors (Lipinski definition) is 4. The Balaban J connectivity index is 1.93. The van der Waals surface area contributed by atoms with E-state index in [4.69, 9.17) is 17.0 Å². The lowest BCUT2D eigenvalue weighted by Crippen LogP contribution is -2.29. The van der Waals surface area contributed by atoms with Crippen LogP contribution in [0.2, 0.25) is 0 Å². The number of dihydropyridines is 1. The number of esters is 1. The standard InChI is InChI=1S/C22H19NO2S/c1-3-25-22(24)17-13(2)23-20-15-11-7-8-12-16(15)21(26)19(20)18(17)14-9-5-4-6-10-14/h4-12,18,23H,3H2,1-2H3. The van der Waals surface area contributed by atoms with Gasteiger partial charge in [-0.15, -0.1) is 0 Å². The van der Waals surface area contributed by atoms with Gasteiger partial charge in [0, 0.05) is 28.3 Å². The largest absolute Gasteiger partial charge is 0.463 e. The van der Waals surface area contributed by atoms with Crippen LogP contribution in [0, 0.1) is 0 Å². The zero-order valence-electron chi connectivity index (χ0n) is 14.7. The summed E-state index contributed by atoms with van der Waals surface area (Å²) in [6.45, 7) is 4.09. The second kappa shape index (κ2) is 6.54. The molecule has 1 N–H and O–H groups in total. The number of allylic oxidation sites excluding steroid dienone is 2. The van der Waals surface area contributed by atoms with Gasteiger partial charge in [-0.25, -0.2) is 4.79 Å². The van der Waals surface area contributed by atoms with E-state index in [0.717, 1.165) is 38.5 Å². The van der Waals surface area contributed by atoms with E-state index in [1.807, 2.05) is 62.4 Å². The van der Waals surface area contributed by atoms with E-state index in [1.54, 1.807) is 0 Å². The van der Waals surface area contributed by atoms with Gasteiger partial charge in [0.1, 0.15) is 0 Å². The fourth-order valence-electron chi connectivity index (χ4n) is 3.79. The Kier molecular flexibility index (Phi) is 4.21. The lowest BCUT2D eigenvalue weighted by molar-refractivity contribution is -0.138. The highest BCUT2D eigenvalue weighted by Crippen LogP contribution is 2.46. The van der Waals surface area contributed by atoms with E-state index >= 15 is 0 Å². The molecule has 0 radical (unpaired) electrons. The second-order valence-corrected chi connectivity index (χ2v) is 6.80. The van der Waals surface area contributed by atoms with Crippen molar-refractivity contribution in [2.24, 2.45) is 0 Å². The monoisotopic (exact) mass is 361 g/mol.